The fraction of sp³-hybridized carbons (Fsp3) is 0.636. The van der Waals surface area contributed by atoms with E-state index in [1.807, 2.05) is 32.7 Å². The molecule has 0 radical (unpaired) electrons. The Morgan fingerprint density at radius 3 is 2.71 bits per heavy atom. The third-order valence-electron chi connectivity index (χ3n) is 2.00. The number of hydrogen-bond donors (Lipinski definition) is 1. The van der Waals surface area contributed by atoms with Crippen LogP contribution in [-0.4, -0.2) is 41.9 Å². The summed E-state index contributed by atoms with van der Waals surface area (Å²) in [6, 6.07) is 0. The molecule has 0 spiro atoms. The zero-order valence-corrected chi connectivity index (χ0v) is 11.4. The Morgan fingerprint density at radius 1 is 1.59 bits per heavy atom. The molecular weight excluding hydrogens is 240 g/mol. The highest BCUT2D eigenvalue weighted by atomic mass is 32.1. The number of aromatic carboxylic acids is 1. The molecule has 0 saturated carbocycles. The first kappa shape index (κ1) is 13.9. The van der Waals surface area contributed by atoms with Crippen LogP contribution in [0.5, 0.6) is 0 Å². The number of hydrogen-bond acceptors (Lipinski definition) is 5. The minimum absolute atomic E-state index is 0.0913. The van der Waals surface area contributed by atoms with E-state index in [1.165, 1.54) is 11.3 Å². The number of carbonyl (C=O) groups is 1. The molecule has 1 heterocycles. The highest BCUT2D eigenvalue weighted by Crippen LogP contribution is 2.19. The van der Waals surface area contributed by atoms with Gasteiger partial charge >= 0.3 is 5.97 Å². The van der Waals surface area contributed by atoms with Gasteiger partial charge < -0.3 is 14.7 Å². The molecular formula is C11H18N2O3S. The van der Waals surface area contributed by atoms with Crippen LogP contribution >= 0.6 is 11.3 Å². The molecule has 0 fully saturated rings. The summed E-state index contributed by atoms with van der Waals surface area (Å²) in [6.45, 7) is 7.27. The summed E-state index contributed by atoms with van der Waals surface area (Å²) in [4.78, 5) is 16.6. The number of carboxylic acid groups (broad SMARTS) is 1. The Labute approximate surface area is 105 Å². The van der Waals surface area contributed by atoms with Gasteiger partial charge in [-0.1, -0.05) is 0 Å². The van der Waals surface area contributed by atoms with Gasteiger partial charge in [-0.25, -0.2) is 9.78 Å². The topological polar surface area (TPSA) is 62.7 Å². The minimum Gasteiger partial charge on any atom is -0.476 e. The van der Waals surface area contributed by atoms with E-state index in [0.717, 1.165) is 0 Å². The third kappa shape index (κ3) is 4.70. The normalized spacial score (nSPS) is 11.5. The van der Waals surface area contributed by atoms with E-state index in [-0.39, 0.29) is 11.3 Å². The van der Waals surface area contributed by atoms with Crippen molar-refractivity contribution in [1.82, 2.24) is 4.98 Å². The molecule has 0 bridgehead atoms. The zero-order valence-electron chi connectivity index (χ0n) is 10.6. The maximum absolute atomic E-state index is 10.7. The molecule has 0 atom stereocenters. The Balaban J connectivity index is 2.46. The van der Waals surface area contributed by atoms with Crippen molar-refractivity contribution in [2.75, 3.05) is 25.1 Å². The maximum Gasteiger partial charge on any atom is 0.355 e. The summed E-state index contributed by atoms with van der Waals surface area (Å²) in [7, 11) is 1.87. The molecule has 17 heavy (non-hydrogen) atoms. The van der Waals surface area contributed by atoms with E-state index in [4.69, 9.17) is 9.84 Å². The predicted octanol–water partition coefficient (Wildman–Crippen LogP) is 2.09. The van der Waals surface area contributed by atoms with Crippen LogP contribution in [-0.2, 0) is 4.74 Å². The van der Waals surface area contributed by atoms with E-state index in [1.54, 1.807) is 5.38 Å². The fourth-order valence-corrected chi connectivity index (χ4v) is 1.92. The van der Waals surface area contributed by atoms with E-state index in [9.17, 15) is 4.79 Å². The van der Waals surface area contributed by atoms with Gasteiger partial charge in [0.1, 0.15) is 0 Å². The van der Waals surface area contributed by atoms with Crippen LogP contribution in [0.4, 0.5) is 5.13 Å². The van der Waals surface area contributed by atoms with Crippen LogP contribution < -0.4 is 4.90 Å². The Bertz CT molecular complexity index is 384. The average Bonchev–Trinajstić information content (AvgIpc) is 2.63. The first-order valence-corrected chi connectivity index (χ1v) is 6.21. The van der Waals surface area contributed by atoms with Gasteiger partial charge in [0.25, 0.3) is 0 Å². The monoisotopic (exact) mass is 258 g/mol. The van der Waals surface area contributed by atoms with Crippen LogP contribution in [0.2, 0.25) is 0 Å². The molecule has 1 rings (SSSR count). The van der Waals surface area contributed by atoms with Crippen LogP contribution in [0.15, 0.2) is 5.38 Å². The van der Waals surface area contributed by atoms with Gasteiger partial charge in [-0.3, -0.25) is 0 Å². The van der Waals surface area contributed by atoms with Gasteiger partial charge in [0, 0.05) is 19.0 Å². The highest BCUT2D eigenvalue weighted by molar-refractivity contribution is 7.13. The van der Waals surface area contributed by atoms with Crippen molar-refractivity contribution >= 4 is 22.4 Å². The van der Waals surface area contributed by atoms with Crippen molar-refractivity contribution in [2.24, 2.45) is 0 Å². The van der Waals surface area contributed by atoms with Crippen molar-refractivity contribution in [3.63, 3.8) is 0 Å². The molecule has 0 unspecified atom stereocenters. The number of anilines is 1. The van der Waals surface area contributed by atoms with Crippen LogP contribution in [0.3, 0.4) is 0 Å². The summed E-state index contributed by atoms with van der Waals surface area (Å²) in [5, 5.41) is 11.0. The fourth-order valence-electron chi connectivity index (χ4n) is 1.12. The second-order valence-electron chi connectivity index (χ2n) is 4.70. The summed E-state index contributed by atoms with van der Waals surface area (Å²) in [5.41, 5.74) is -0.0655. The predicted molar refractivity (Wildman–Crippen MR) is 68.0 cm³/mol. The lowest BCUT2D eigenvalue weighted by atomic mass is 10.2. The van der Waals surface area contributed by atoms with E-state index < -0.39 is 5.97 Å². The van der Waals surface area contributed by atoms with Crippen molar-refractivity contribution < 1.29 is 14.6 Å². The summed E-state index contributed by atoms with van der Waals surface area (Å²) < 4.78 is 5.59. The summed E-state index contributed by atoms with van der Waals surface area (Å²) in [6.07, 6.45) is 0. The zero-order chi connectivity index (χ0) is 13.1. The number of nitrogens with zero attached hydrogens (tertiary/aromatic N) is 2. The molecule has 1 aromatic heterocycles. The first-order valence-electron chi connectivity index (χ1n) is 5.33. The Kier molecular flexibility index (Phi) is 4.47. The van der Waals surface area contributed by atoms with Gasteiger partial charge in [-0.2, -0.15) is 0 Å². The van der Waals surface area contributed by atoms with Gasteiger partial charge in [0.05, 0.1) is 12.2 Å². The highest BCUT2D eigenvalue weighted by Gasteiger charge is 2.13. The van der Waals surface area contributed by atoms with Crippen molar-refractivity contribution in [3.8, 4) is 0 Å². The van der Waals surface area contributed by atoms with Crippen LogP contribution in [0.1, 0.15) is 31.3 Å². The second kappa shape index (κ2) is 5.46. The molecule has 1 N–H and O–H groups in total. The van der Waals surface area contributed by atoms with Crippen molar-refractivity contribution in [1.29, 1.82) is 0 Å². The molecule has 1 aromatic rings. The SMILES string of the molecule is CN(CCOC(C)(C)C)c1nc(C(=O)O)cs1. The number of thiazole rings is 1. The molecule has 0 aliphatic heterocycles. The molecule has 0 amide bonds. The van der Waals surface area contributed by atoms with Gasteiger partial charge in [0.15, 0.2) is 10.8 Å². The smallest absolute Gasteiger partial charge is 0.355 e. The molecule has 0 saturated heterocycles. The Hall–Kier alpha value is -1.14. The molecule has 6 heteroatoms. The molecule has 5 nitrogen and oxygen atoms in total. The number of likely N-dealkylation sites (N-methyl/N-ethyl adjacent to an activating group) is 1. The summed E-state index contributed by atoms with van der Waals surface area (Å²) in [5.74, 6) is -0.994. The lowest BCUT2D eigenvalue weighted by molar-refractivity contribution is 0.00168. The van der Waals surface area contributed by atoms with Crippen molar-refractivity contribution in [3.05, 3.63) is 11.1 Å². The second-order valence-corrected chi connectivity index (χ2v) is 5.54. The number of aromatic nitrogens is 1. The molecule has 0 aliphatic rings. The standard InChI is InChI=1S/C11H18N2O3S/c1-11(2,3)16-6-5-13(4)10-12-8(7-17-10)9(14)15/h7H,5-6H2,1-4H3,(H,14,15). The number of carboxylic acids is 1. The average molecular weight is 258 g/mol. The third-order valence-corrected chi connectivity index (χ3v) is 2.95. The lowest BCUT2D eigenvalue weighted by Gasteiger charge is -2.22. The molecule has 0 aliphatic carbocycles. The molecule has 0 aromatic carbocycles. The minimum atomic E-state index is -0.994. The maximum atomic E-state index is 10.7. The largest absolute Gasteiger partial charge is 0.476 e. The van der Waals surface area contributed by atoms with Crippen LogP contribution in [0, 0.1) is 0 Å². The van der Waals surface area contributed by atoms with Crippen molar-refractivity contribution in [2.45, 2.75) is 26.4 Å². The van der Waals surface area contributed by atoms with E-state index in [0.29, 0.717) is 18.3 Å². The van der Waals surface area contributed by atoms with Crippen LogP contribution in [0.25, 0.3) is 0 Å². The van der Waals surface area contributed by atoms with Gasteiger partial charge in [-0.15, -0.1) is 11.3 Å². The van der Waals surface area contributed by atoms with Gasteiger partial charge in [-0.05, 0) is 20.8 Å². The number of ether oxygens (including phenoxy) is 1. The first-order chi connectivity index (χ1) is 7.79. The number of rotatable bonds is 5. The van der Waals surface area contributed by atoms with E-state index in [2.05, 4.69) is 4.98 Å². The lowest BCUT2D eigenvalue weighted by Crippen LogP contribution is -2.28. The quantitative estimate of drug-likeness (QED) is 0.876. The van der Waals surface area contributed by atoms with E-state index >= 15 is 0 Å². The molecule has 96 valence electrons. The van der Waals surface area contributed by atoms with Gasteiger partial charge in [0.2, 0.25) is 0 Å². The summed E-state index contributed by atoms with van der Waals surface area (Å²) >= 11 is 1.32. The Morgan fingerprint density at radius 2 is 2.24 bits per heavy atom.